The van der Waals surface area contributed by atoms with Gasteiger partial charge >= 0.3 is 4.75 Å². The first kappa shape index (κ1) is 4.00. The van der Waals surface area contributed by atoms with E-state index in [1.807, 2.05) is 0 Å². The predicted molar refractivity (Wildman–Crippen MR) is 13.6 cm³/mol. The van der Waals surface area contributed by atoms with Gasteiger partial charge in [-0.3, -0.25) is 0 Å². The summed E-state index contributed by atoms with van der Waals surface area (Å²) in [5.74, 6) is 0. The summed E-state index contributed by atoms with van der Waals surface area (Å²) in [4.78, 5) is 20.0. The van der Waals surface area contributed by atoms with Gasteiger partial charge in [0.25, 0.3) is 10.3 Å². The van der Waals surface area contributed by atoms with E-state index in [2.05, 4.69) is 9.73 Å². The van der Waals surface area contributed by atoms with Gasteiger partial charge in [-0.1, -0.05) is 4.91 Å². The summed E-state index contributed by atoms with van der Waals surface area (Å²) in [5, 5.41) is 1.57. The van der Waals surface area contributed by atoms with Crippen LogP contribution in [-0.4, -0.2) is 0 Å². The minimum absolute atomic E-state index is 1.57. The topological polar surface area (TPSA) is 67.0 Å². The molecule has 0 aromatic rings. The molecule has 0 radical (unpaired) electrons. The maximum atomic E-state index is 8.61. The van der Waals surface area contributed by atoms with Gasteiger partial charge < -0.3 is 0 Å². The van der Waals surface area contributed by atoms with Crippen LogP contribution in [0.15, 0.2) is 5.34 Å². The van der Waals surface area contributed by atoms with Gasteiger partial charge in [0.05, 0.1) is 0 Å². The number of hydrogen-bond acceptors (Lipinski definition) is 4. The molecular weight excluding hydrogens is 78.0 g/mol. The van der Waals surface area contributed by atoms with Gasteiger partial charge in [0.15, 0.2) is 0 Å². The van der Waals surface area contributed by atoms with E-state index in [9.17, 15) is 0 Å². The molecule has 5 heavy (non-hydrogen) atoms. The van der Waals surface area contributed by atoms with Crippen molar-refractivity contribution in [1.82, 2.24) is 0 Å². The molecule has 0 spiro atoms. The summed E-state index contributed by atoms with van der Waals surface area (Å²) >= 11 is 0. The number of nitrogens with zero attached hydrogens (tertiary/aromatic N) is 1. The van der Waals surface area contributed by atoms with Gasteiger partial charge in [-0.25, -0.2) is 0 Å². The molecular formula is NO4+. The average molecular weight is 78.0 g/mol. The third-order valence-electron chi connectivity index (χ3n) is 0.0609. The second-order valence-electron chi connectivity index (χ2n) is 0.217. The van der Waals surface area contributed by atoms with Crippen molar-refractivity contribution in [2.45, 2.75) is 0 Å². The Balaban J connectivity index is 2.65. The molecule has 0 rings (SSSR count). The lowest BCUT2D eigenvalue weighted by Gasteiger charge is -1.36. The molecule has 5 heteroatoms. The SMILES string of the molecule is O=NO[O+]=O. The van der Waals surface area contributed by atoms with Crippen LogP contribution in [0.3, 0.4) is 0 Å². The summed E-state index contributed by atoms with van der Waals surface area (Å²) in [7, 11) is 0. The molecule has 0 N–H and O–H groups in total. The van der Waals surface area contributed by atoms with E-state index in [4.69, 9.17) is 9.87 Å². The lowest BCUT2D eigenvalue weighted by Crippen LogP contribution is -1.55. The zero-order chi connectivity index (χ0) is 4.12. The Morgan fingerprint density at radius 1 is 1.80 bits per heavy atom. The Bertz CT molecular complexity index is 32.9. The lowest BCUT2D eigenvalue weighted by molar-refractivity contribution is 0.251. The first-order chi connectivity index (χ1) is 2.41. The van der Waals surface area contributed by atoms with E-state index in [1.165, 1.54) is 0 Å². The first-order valence-corrected chi connectivity index (χ1v) is 0.698. The summed E-state index contributed by atoms with van der Waals surface area (Å²) in [6.45, 7) is 0. The van der Waals surface area contributed by atoms with E-state index < -0.39 is 0 Å². The van der Waals surface area contributed by atoms with E-state index in [0.717, 1.165) is 0 Å². The van der Waals surface area contributed by atoms with Gasteiger partial charge in [0.2, 0.25) is 0 Å². The fraction of sp³-hybridized carbons (Fsp3) is 0. The van der Waals surface area contributed by atoms with Gasteiger partial charge in [-0.2, -0.15) is 0 Å². The van der Waals surface area contributed by atoms with Crippen LogP contribution in [0.5, 0.6) is 0 Å². The van der Waals surface area contributed by atoms with Crippen molar-refractivity contribution >= 4 is 0 Å². The highest BCUT2D eigenvalue weighted by Gasteiger charge is 1.83. The van der Waals surface area contributed by atoms with E-state index >= 15 is 0 Å². The second-order valence-corrected chi connectivity index (χ2v) is 0.217. The van der Waals surface area contributed by atoms with Crippen LogP contribution in [0, 0.1) is 14.6 Å². The van der Waals surface area contributed by atoms with Gasteiger partial charge in [0.1, 0.15) is 4.99 Å². The van der Waals surface area contributed by atoms with Gasteiger partial charge in [0, 0.05) is 0 Å². The lowest BCUT2D eigenvalue weighted by atomic mass is 13.4. The highest BCUT2D eigenvalue weighted by atomic mass is 17.4. The Labute approximate surface area is 26.3 Å². The maximum absolute atomic E-state index is 8.61. The third-order valence-corrected chi connectivity index (χ3v) is 0.0609. The highest BCUT2D eigenvalue weighted by Crippen LogP contribution is 1.62. The van der Waals surface area contributed by atoms with Crippen LogP contribution in [-0.2, 0) is 4.99 Å². The molecule has 0 aromatic heterocycles. The molecule has 0 amide bonds. The molecule has 0 bridgehead atoms. The smallest absolute Gasteiger partial charge is 0.0977 e. The molecule has 0 heterocycles. The summed E-state index contributed by atoms with van der Waals surface area (Å²) in [5.41, 5.74) is 0. The van der Waals surface area contributed by atoms with Crippen molar-refractivity contribution in [3.8, 4) is 0 Å². The Kier molecular flexibility index (Phi) is 2.40. The molecule has 0 unspecified atom stereocenters. The molecule has 5 nitrogen and oxygen atoms in total. The third kappa shape index (κ3) is 3.00. The molecule has 0 saturated heterocycles. The zero-order valence-corrected chi connectivity index (χ0v) is 2.08. The second kappa shape index (κ2) is 3.00. The van der Waals surface area contributed by atoms with Crippen LogP contribution in [0.25, 0.3) is 0 Å². The van der Waals surface area contributed by atoms with Gasteiger partial charge in [-0.05, 0) is 0 Å². The average Bonchev–Trinajstić information content (AvgIpc) is 1.41. The molecule has 0 aliphatic heterocycles. The van der Waals surface area contributed by atoms with E-state index in [-0.39, 0.29) is 0 Å². The van der Waals surface area contributed by atoms with E-state index in [1.54, 1.807) is 5.34 Å². The zero-order valence-electron chi connectivity index (χ0n) is 2.08. The normalized spacial score (nSPS) is 5.60. The van der Waals surface area contributed by atoms with Crippen molar-refractivity contribution in [3.05, 3.63) is 14.6 Å². The quantitative estimate of drug-likeness (QED) is 0.205. The van der Waals surface area contributed by atoms with Crippen molar-refractivity contribution in [1.29, 1.82) is 0 Å². The summed E-state index contributed by atoms with van der Waals surface area (Å²) < 4.78 is 2.46. The van der Waals surface area contributed by atoms with Crippen LogP contribution >= 0.6 is 0 Å². The molecule has 28 valence electrons. The molecule has 0 aliphatic carbocycles. The van der Waals surface area contributed by atoms with Crippen LogP contribution < -0.4 is 0 Å². The molecule has 0 atom stereocenters. The largest absolute Gasteiger partial charge is 0.410 e. The Morgan fingerprint density at radius 2 is 2.40 bits per heavy atom. The molecule has 0 fully saturated rings. The number of rotatable bonds is 2. The van der Waals surface area contributed by atoms with Gasteiger partial charge in [-0.15, -0.1) is 0 Å². The Hall–Kier alpha value is -1.00. The van der Waals surface area contributed by atoms with Crippen molar-refractivity contribution in [2.75, 3.05) is 0 Å². The summed E-state index contributed by atoms with van der Waals surface area (Å²) in [6.07, 6.45) is 0. The minimum atomic E-state index is 1.57. The first-order valence-electron chi connectivity index (χ1n) is 0.698. The predicted octanol–water partition coefficient (Wildman–Crippen LogP) is 0.216. The monoisotopic (exact) mass is 78.0 g/mol. The molecule has 0 aromatic carbocycles. The number of hydrogen-bond donors (Lipinski definition) is 0. The summed E-state index contributed by atoms with van der Waals surface area (Å²) in [6, 6.07) is 0. The van der Waals surface area contributed by atoms with Crippen molar-refractivity contribution < 1.29 is 4.99 Å². The van der Waals surface area contributed by atoms with E-state index in [0.29, 0.717) is 0 Å². The highest BCUT2D eigenvalue weighted by molar-refractivity contribution is 4.31. The standard InChI is InChI=1S/NO4/c2-1-4-5-3/q+1. The minimum Gasteiger partial charge on any atom is -0.0977 e. The fourth-order valence-electron chi connectivity index (χ4n) is 0.0124. The van der Waals surface area contributed by atoms with Crippen LogP contribution in [0.1, 0.15) is 0 Å². The van der Waals surface area contributed by atoms with Crippen LogP contribution in [0.4, 0.5) is 0 Å². The fourth-order valence-corrected chi connectivity index (χ4v) is 0.0124. The maximum Gasteiger partial charge on any atom is 0.410 e. The van der Waals surface area contributed by atoms with Crippen molar-refractivity contribution in [2.24, 2.45) is 5.34 Å². The van der Waals surface area contributed by atoms with Crippen LogP contribution in [0.2, 0.25) is 0 Å². The molecule has 0 saturated carbocycles. The molecule has 0 aliphatic rings. The Morgan fingerprint density at radius 3 is 2.40 bits per heavy atom. The van der Waals surface area contributed by atoms with Crippen molar-refractivity contribution in [3.63, 3.8) is 0 Å².